The highest BCUT2D eigenvalue weighted by atomic mass is 32.2. The van der Waals surface area contributed by atoms with Crippen LogP contribution in [-0.4, -0.2) is 50.7 Å². The van der Waals surface area contributed by atoms with Crippen LogP contribution in [0.15, 0.2) is 5.16 Å². The molecule has 1 N–H and O–H groups in total. The van der Waals surface area contributed by atoms with Crippen molar-refractivity contribution in [3.05, 3.63) is 17.0 Å². The average molecular weight is 363 g/mol. The lowest BCUT2D eigenvalue weighted by atomic mass is 9.94. The number of nitrogens with zero attached hydrogens (tertiary/aromatic N) is 3. The summed E-state index contributed by atoms with van der Waals surface area (Å²) in [4.78, 5) is 34.9. The molecule has 0 radical (unpaired) electrons. The van der Waals surface area contributed by atoms with Crippen molar-refractivity contribution in [2.45, 2.75) is 57.1 Å². The lowest BCUT2D eigenvalue weighted by molar-refractivity contribution is -0.149. The molecule has 1 saturated heterocycles. The molecular weight excluding hydrogens is 338 g/mol. The van der Waals surface area contributed by atoms with Crippen LogP contribution in [0.5, 0.6) is 0 Å². The topological polar surface area (TPSA) is 83.4 Å². The van der Waals surface area contributed by atoms with Gasteiger partial charge in [-0.2, -0.15) is 0 Å². The molecule has 1 aliphatic heterocycles. The third-order valence-corrected chi connectivity index (χ3v) is 6.18. The summed E-state index contributed by atoms with van der Waals surface area (Å²) >= 11 is 1.50. The van der Waals surface area contributed by atoms with Crippen molar-refractivity contribution in [3.63, 3.8) is 0 Å². The van der Waals surface area contributed by atoms with E-state index >= 15 is 0 Å². The molecule has 1 saturated carbocycles. The summed E-state index contributed by atoms with van der Waals surface area (Å²) in [5.41, 5.74) is 2.80. The lowest BCUT2D eigenvalue weighted by Gasteiger charge is -2.24. The minimum absolute atomic E-state index is 0.0606. The van der Waals surface area contributed by atoms with Crippen molar-refractivity contribution in [2.24, 2.45) is 11.8 Å². The number of rotatable bonds is 5. The van der Waals surface area contributed by atoms with Crippen LogP contribution in [0.4, 0.5) is 0 Å². The van der Waals surface area contributed by atoms with Crippen molar-refractivity contribution >= 4 is 23.6 Å². The predicted molar refractivity (Wildman–Crippen MR) is 95.6 cm³/mol. The van der Waals surface area contributed by atoms with Gasteiger partial charge in [-0.3, -0.25) is 4.79 Å². The van der Waals surface area contributed by atoms with E-state index in [9.17, 15) is 14.7 Å². The normalized spacial score (nSPS) is 25.2. The van der Waals surface area contributed by atoms with Gasteiger partial charge in [0.15, 0.2) is 5.16 Å². The van der Waals surface area contributed by atoms with Gasteiger partial charge in [-0.25, -0.2) is 14.8 Å². The highest BCUT2D eigenvalue weighted by molar-refractivity contribution is 7.98. The van der Waals surface area contributed by atoms with Crippen LogP contribution in [0.25, 0.3) is 0 Å². The second kappa shape index (κ2) is 7.32. The number of amides is 1. The molecule has 1 amide bonds. The Morgan fingerprint density at radius 1 is 1.24 bits per heavy atom. The van der Waals surface area contributed by atoms with E-state index in [0.717, 1.165) is 41.4 Å². The first-order valence-electron chi connectivity index (χ1n) is 8.82. The van der Waals surface area contributed by atoms with E-state index in [1.54, 1.807) is 4.90 Å². The van der Waals surface area contributed by atoms with Crippen LogP contribution in [0.2, 0.25) is 0 Å². The Hall–Kier alpha value is -1.63. The van der Waals surface area contributed by atoms with Gasteiger partial charge < -0.3 is 10.0 Å². The van der Waals surface area contributed by atoms with Gasteiger partial charge in [0.1, 0.15) is 6.04 Å². The Labute approximate surface area is 152 Å². The zero-order chi connectivity index (χ0) is 18.1. The molecular formula is C18H25N3O3S. The minimum Gasteiger partial charge on any atom is -0.480 e. The Morgan fingerprint density at radius 2 is 1.92 bits per heavy atom. The summed E-state index contributed by atoms with van der Waals surface area (Å²) < 4.78 is 0. The first kappa shape index (κ1) is 18.2. The van der Waals surface area contributed by atoms with Crippen molar-refractivity contribution in [2.75, 3.05) is 12.8 Å². The van der Waals surface area contributed by atoms with Gasteiger partial charge in [-0.15, -0.1) is 0 Å². The molecule has 2 aliphatic rings. The third-order valence-electron chi connectivity index (χ3n) is 5.64. The Morgan fingerprint density at radius 3 is 2.52 bits per heavy atom. The monoisotopic (exact) mass is 363 g/mol. The molecule has 0 aromatic carbocycles. The van der Waals surface area contributed by atoms with Crippen LogP contribution in [0.1, 0.15) is 42.6 Å². The van der Waals surface area contributed by atoms with E-state index in [4.69, 9.17) is 0 Å². The predicted octanol–water partition coefficient (Wildman–Crippen LogP) is 2.46. The van der Waals surface area contributed by atoms with Gasteiger partial charge >= 0.3 is 5.97 Å². The lowest BCUT2D eigenvalue weighted by Crippen LogP contribution is -2.43. The minimum atomic E-state index is -0.859. The molecule has 2 fully saturated rings. The van der Waals surface area contributed by atoms with Crippen LogP contribution >= 0.6 is 11.8 Å². The maximum absolute atomic E-state index is 12.7. The van der Waals surface area contributed by atoms with E-state index < -0.39 is 12.0 Å². The maximum atomic E-state index is 12.7. The highest BCUT2D eigenvalue weighted by Gasteiger charge is 2.49. The molecule has 7 heteroatoms. The first-order chi connectivity index (χ1) is 11.9. The number of hydrogen-bond donors (Lipinski definition) is 1. The van der Waals surface area contributed by atoms with Crippen molar-refractivity contribution in [3.8, 4) is 0 Å². The van der Waals surface area contributed by atoms with Crippen molar-refractivity contribution in [1.82, 2.24) is 14.9 Å². The molecule has 3 unspecified atom stereocenters. The molecule has 25 heavy (non-hydrogen) atoms. The molecule has 3 rings (SSSR count). The van der Waals surface area contributed by atoms with Crippen LogP contribution < -0.4 is 0 Å². The molecule has 0 spiro atoms. The van der Waals surface area contributed by atoms with Gasteiger partial charge in [-0.1, -0.05) is 18.2 Å². The van der Waals surface area contributed by atoms with Gasteiger partial charge in [0.05, 0.1) is 0 Å². The van der Waals surface area contributed by atoms with Crippen molar-refractivity contribution < 1.29 is 14.7 Å². The van der Waals surface area contributed by atoms with E-state index in [2.05, 4.69) is 9.97 Å². The zero-order valence-electron chi connectivity index (χ0n) is 15.0. The number of thioether (sulfide) groups is 1. The molecule has 2 heterocycles. The molecule has 1 aliphatic carbocycles. The zero-order valence-corrected chi connectivity index (χ0v) is 15.8. The second-order valence-corrected chi connectivity index (χ2v) is 7.82. The number of aryl methyl sites for hydroxylation is 2. The highest BCUT2D eigenvalue weighted by Crippen LogP contribution is 2.42. The number of hydrogen-bond acceptors (Lipinski definition) is 5. The molecule has 136 valence electrons. The Bertz CT molecular complexity index is 671. The number of fused-ring (bicyclic) bond motifs is 1. The van der Waals surface area contributed by atoms with Gasteiger partial charge in [0, 0.05) is 24.4 Å². The summed E-state index contributed by atoms with van der Waals surface area (Å²) in [6, 6.07) is -0.641. The summed E-state index contributed by atoms with van der Waals surface area (Å²) in [5, 5.41) is 10.3. The standard InChI is InChI=1S/C18H25N3O3S/c1-10-13(11(2)20-18(19-10)25-3)7-8-15(22)21-9-12-5-4-6-14(12)16(21)17(23)24/h12,14,16H,4-9H2,1-3H3,(H,23,24). The Balaban J connectivity index is 1.70. The number of aromatic nitrogens is 2. The first-order valence-corrected chi connectivity index (χ1v) is 10.0. The molecule has 1 aromatic rings. The van der Waals surface area contributed by atoms with E-state index in [1.165, 1.54) is 11.8 Å². The number of carbonyl (C=O) groups excluding carboxylic acids is 1. The summed E-state index contributed by atoms with van der Waals surface area (Å²) in [6.45, 7) is 4.48. The third kappa shape index (κ3) is 3.52. The fourth-order valence-corrected chi connectivity index (χ4v) is 4.87. The quantitative estimate of drug-likeness (QED) is 0.639. The number of carbonyl (C=O) groups is 2. The summed E-state index contributed by atoms with van der Waals surface area (Å²) in [7, 11) is 0. The molecule has 1 aromatic heterocycles. The molecule has 6 nitrogen and oxygen atoms in total. The number of likely N-dealkylation sites (tertiary alicyclic amines) is 1. The maximum Gasteiger partial charge on any atom is 0.326 e. The Kier molecular flexibility index (Phi) is 5.32. The average Bonchev–Trinajstić information content (AvgIpc) is 3.13. The largest absolute Gasteiger partial charge is 0.480 e. The van der Waals surface area contributed by atoms with Crippen molar-refractivity contribution in [1.29, 1.82) is 0 Å². The van der Waals surface area contributed by atoms with Crippen LogP contribution in [-0.2, 0) is 16.0 Å². The summed E-state index contributed by atoms with van der Waals surface area (Å²) in [5.74, 6) is -0.427. The van der Waals surface area contributed by atoms with Crippen LogP contribution in [0.3, 0.4) is 0 Å². The molecule has 3 atom stereocenters. The second-order valence-electron chi connectivity index (χ2n) is 7.04. The smallest absolute Gasteiger partial charge is 0.326 e. The SMILES string of the molecule is CSc1nc(C)c(CCC(=O)N2CC3CCCC3C2C(=O)O)c(C)n1. The van der Waals surface area contributed by atoms with Crippen LogP contribution in [0, 0.1) is 25.7 Å². The van der Waals surface area contributed by atoms with Gasteiger partial charge in [-0.05, 0) is 56.8 Å². The van der Waals surface area contributed by atoms with E-state index in [-0.39, 0.29) is 11.8 Å². The van der Waals surface area contributed by atoms with Gasteiger partial charge in [0.25, 0.3) is 0 Å². The molecule has 0 bridgehead atoms. The van der Waals surface area contributed by atoms with Gasteiger partial charge in [0.2, 0.25) is 5.91 Å². The number of aliphatic carboxylic acids is 1. The fraction of sp³-hybridized carbons (Fsp3) is 0.667. The van der Waals surface area contributed by atoms with E-state index in [1.807, 2.05) is 20.1 Å². The number of carboxylic acids is 1. The van der Waals surface area contributed by atoms with E-state index in [0.29, 0.717) is 25.3 Å². The summed E-state index contributed by atoms with van der Waals surface area (Å²) in [6.07, 6.45) is 5.86. The fourth-order valence-electron chi connectivity index (χ4n) is 4.42. The number of carboxylic acid groups (broad SMARTS) is 1.